The third-order valence-electron chi connectivity index (χ3n) is 2.23. The van der Waals surface area contributed by atoms with Crippen molar-refractivity contribution in [3.63, 3.8) is 0 Å². The number of rotatable bonds is 4. The molecule has 0 aromatic rings. The van der Waals surface area contributed by atoms with Gasteiger partial charge in [-0.1, -0.05) is 0 Å². The fraction of sp³-hybridized carbons (Fsp3) is 0.778. The van der Waals surface area contributed by atoms with Gasteiger partial charge >= 0.3 is 5.97 Å². The van der Waals surface area contributed by atoms with Crippen molar-refractivity contribution in [3.05, 3.63) is 0 Å². The Hall–Kier alpha value is -1.10. The first-order valence-electron chi connectivity index (χ1n) is 4.90. The second-order valence-electron chi connectivity index (χ2n) is 3.50. The topological polar surface area (TPSA) is 78.4 Å². The van der Waals surface area contributed by atoms with Crippen LogP contribution in [0, 0.1) is 0 Å². The van der Waals surface area contributed by atoms with E-state index >= 15 is 0 Å². The number of carboxylic acid groups (broad SMARTS) is 1. The van der Waals surface area contributed by atoms with Crippen molar-refractivity contribution in [1.29, 1.82) is 0 Å². The number of piperidine rings is 1. The lowest BCUT2D eigenvalue weighted by Crippen LogP contribution is -2.45. The minimum Gasteiger partial charge on any atom is -0.481 e. The van der Waals surface area contributed by atoms with Gasteiger partial charge in [0.05, 0.1) is 6.42 Å². The Kier molecular flexibility index (Phi) is 4.39. The predicted octanol–water partition coefficient (Wildman–Crippen LogP) is -0.281. The molecule has 0 aliphatic carbocycles. The van der Waals surface area contributed by atoms with E-state index in [-0.39, 0.29) is 24.8 Å². The summed E-state index contributed by atoms with van der Waals surface area (Å²) < 4.78 is 0. The van der Waals surface area contributed by atoms with E-state index in [2.05, 4.69) is 10.6 Å². The highest BCUT2D eigenvalue weighted by molar-refractivity contribution is 5.80. The lowest BCUT2D eigenvalue weighted by molar-refractivity contribution is -0.138. The zero-order valence-electron chi connectivity index (χ0n) is 8.08. The molecule has 1 saturated heterocycles. The Morgan fingerprint density at radius 2 is 2.21 bits per heavy atom. The number of hydrogen-bond acceptors (Lipinski definition) is 3. The number of amides is 1. The molecule has 0 bridgehead atoms. The Morgan fingerprint density at radius 1 is 1.43 bits per heavy atom. The van der Waals surface area contributed by atoms with E-state index in [1.54, 1.807) is 0 Å². The molecular formula is C9H16N2O3. The van der Waals surface area contributed by atoms with Gasteiger partial charge in [0.2, 0.25) is 5.91 Å². The monoisotopic (exact) mass is 200 g/mol. The van der Waals surface area contributed by atoms with Crippen LogP contribution in [0.5, 0.6) is 0 Å². The van der Waals surface area contributed by atoms with E-state index in [1.165, 1.54) is 0 Å². The predicted molar refractivity (Wildman–Crippen MR) is 50.9 cm³/mol. The molecule has 0 spiro atoms. The molecular weight excluding hydrogens is 184 g/mol. The molecule has 0 aromatic carbocycles. The molecule has 1 aliphatic heterocycles. The number of hydrogen-bond donors (Lipinski definition) is 3. The Morgan fingerprint density at radius 3 is 2.79 bits per heavy atom. The van der Waals surface area contributed by atoms with Gasteiger partial charge in [-0.15, -0.1) is 0 Å². The van der Waals surface area contributed by atoms with Gasteiger partial charge in [0.15, 0.2) is 0 Å². The smallest absolute Gasteiger partial charge is 0.303 e. The summed E-state index contributed by atoms with van der Waals surface area (Å²) in [5.74, 6) is -1.09. The van der Waals surface area contributed by atoms with Crippen LogP contribution in [0.1, 0.15) is 25.7 Å². The van der Waals surface area contributed by atoms with Crippen molar-refractivity contribution in [2.75, 3.05) is 13.1 Å². The van der Waals surface area contributed by atoms with Crippen LogP contribution >= 0.6 is 0 Å². The summed E-state index contributed by atoms with van der Waals surface area (Å²) in [4.78, 5) is 21.4. The molecule has 1 unspecified atom stereocenters. The largest absolute Gasteiger partial charge is 0.481 e. The zero-order chi connectivity index (χ0) is 10.4. The number of carbonyl (C=O) groups is 2. The van der Waals surface area contributed by atoms with Crippen LogP contribution < -0.4 is 10.6 Å². The zero-order valence-corrected chi connectivity index (χ0v) is 8.08. The van der Waals surface area contributed by atoms with Crippen LogP contribution in [0.4, 0.5) is 0 Å². The maximum Gasteiger partial charge on any atom is 0.303 e. The third kappa shape index (κ3) is 4.23. The summed E-state index contributed by atoms with van der Waals surface area (Å²) in [6, 6.07) is 0.171. The van der Waals surface area contributed by atoms with Crippen molar-refractivity contribution in [2.45, 2.75) is 31.7 Å². The molecule has 5 nitrogen and oxygen atoms in total. The van der Waals surface area contributed by atoms with Gasteiger partial charge in [0, 0.05) is 19.0 Å². The fourth-order valence-electron chi connectivity index (χ4n) is 1.50. The van der Waals surface area contributed by atoms with Gasteiger partial charge in [0.25, 0.3) is 0 Å². The van der Waals surface area contributed by atoms with E-state index in [9.17, 15) is 9.59 Å². The molecule has 3 N–H and O–H groups in total. The summed E-state index contributed by atoms with van der Waals surface area (Å²) in [5.41, 5.74) is 0. The average Bonchev–Trinajstić information content (AvgIpc) is 2.16. The van der Waals surface area contributed by atoms with E-state index in [4.69, 9.17) is 5.11 Å². The quantitative estimate of drug-likeness (QED) is 0.583. The van der Waals surface area contributed by atoms with Crippen molar-refractivity contribution in [3.8, 4) is 0 Å². The number of nitrogens with one attached hydrogen (secondary N) is 2. The molecule has 0 saturated carbocycles. The Balaban J connectivity index is 2.15. The lowest BCUT2D eigenvalue weighted by Gasteiger charge is -2.23. The molecule has 1 aliphatic rings. The van der Waals surface area contributed by atoms with Crippen molar-refractivity contribution in [1.82, 2.24) is 10.6 Å². The SMILES string of the molecule is O=C(O)CCC(=O)NC1CCCNC1. The molecule has 1 fully saturated rings. The molecule has 0 aromatic heterocycles. The summed E-state index contributed by atoms with van der Waals surface area (Å²) >= 11 is 0. The first-order chi connectivity index (χ1) is 6.68. The second kappa shape index (κ2) is 5.59. The number of carboxylic acids is 1. The molecule has 80 valence electrons. The van der Waals surface area contributed by atoms with Gasteiger partial charge in [0.1, 0.15) is 0 Å². The fourth-order valence-corrected chi connectivity index (χ4v) is 1.50. The number of carbonyl (C=O) groups excluding carboxylic acids is 1. The Labute approximate surface area is 82.9 Å². The first kappa shape index (κ1) is 11.0. The highest BCUT2D eigenvalue weighted by atomic mass is 16.4. The molecule has 0 radical (unpaired) electrons. The van der Waals surface area contributed by atoms with Crippen LogP contribution in [-0.2, 0) is 9.59 Å². The average molecular weight is 200 g/mol. The summed E-state index contributed by atoms with van der Waals surface area (Å²) in [6.07, 6.45) is 2.02. The summed E-state index contributed by atoms with van der Waals surface area (Å²) in [6.45, 7) is 1.79. The minimum atomic E-state index is -0.929. The second-order valence-corrected chi connectivity index (χ2v) is 3.50. The normalized spacial score (nSPS) is 21.6. The van der Waals surface area contributed by atoms with Crippen molar-refractivity contribution in [2.24, 2.45) is 0 Å². The van der Waals surface area contributed by atoms with E-state index in [0.29, 0.717) is 0 Å². The summed E-state index contributed by atoms with van der Waals surface area (Å²) in [7, 11) is 0. The van der Waals surface area contributed by atoms with Gasteiger partial charge < -0.3 is 15.7 Å². The first-order valence-corrected chi connectivity index (χ1v) is 4.90. The number of aliphatic carboxylic acids is 1. The maximum atomic E-state index is 11.2. The highest BCUT2D eigenvalue weighted by Gasteiger charge is 2.15. The van der Waals surface area contributed by atoms with Crippen LogP contribution in [0.15, 0.2) is 0 Å². The van der Waals surface area contributed by atoms with E-state index in [0.717, 1.165) is 25.9 Å². The van der Waals surface area contributed by atoms with Gasteiger partial charge in [-0.05, 0) is 19.4 Å². The highest BCUT2D eigenvalue weighted by Crippen LogP contribution is 2.01. The van der Waals surface area contributed by atoms with Crippen LogP contribution in [0.25, 0.3) is 0 Å². The van der Waals surface area contributed by atoms with E-state index in [1.807, 2.05) is 0 Å². The van der Waals surface area contributed by atoms with Gasteiger partial charge in [-0.2, -0.15) is 0 Å². The van der Waals surface area contributed by atoms with Crippen LogP contribution in [0.2, 0.25) is 0 Å². The molecule has 1 rings (SSSR count). The summed E-state index contributed by atoms with van der Waals surface area (Å²) in [5, 5.41) is 14.4. The van der Waals surface area contributed by atoms with Crippen molar-refractivity contribution < 1.29 is 14.7 Å². The molecule has 1 heterocycles. The van der Waals surface area contributed by atoms with Crippen molar-refractivity contribution >= 4 is 11.9 Å². The lowest BCUT2D eigenvalue weighted by atomic mass is 10.1. The standard InChI is InChI=1S/C9H16N2O3/c12-8(3-4-9(13)14)11-7-2-1-5-10-6-7/h7,10H,1-6H2,(H,11,12)(H,13,14). The molecule has 5 heteroatoms. The Bertz CT molecular complexity index is 212. The van der Waals surface area contributed by atoms with Gasteiger partial charge in [-0.3, -0.25) is 9.59 Å². The van der Waals surface area contributed by atoms with E-state index < -0.39 is 5.97 Å². The maximum absolute atomic E-state index is 11.2. The molecule has 14 heavy (non-hydrogen) atoms. The van der Waals surface area contributed by atoms with Gasteiger partial charge in [-0.25, -0.2) is 0 Å². The van der Waals surface area contributed by atoms with Crippen LogP contribution in [-0.4, -0.2) is 36.1 Å². The minimum absolute atomic E-state index is 0.0752. The molecule has 1 amide bonds. The third-order valence-corrected chi connectivity index (χ3v) is 2.23. The molecule has 1 atom stereocenters. The van der Waals surface area contributed by atoms with Crippen LogP contribution in [0.3, 0.4) is 0 Å².